The van der Waals surface area contributed by atoms with Crippen molar-refractivity contribution < 1.29 is 13.5 Å². The Balaban J connectivity index is 1.91. The number of hydrogen-bond acceptors (Lipinski definition) is 2. The molecule has 1 aliphatic carbocycles. The van der Waals surface area contributed by atoms with E-state index in [2.05, 4.69) is 0 Å². The molecule has 0 bridgehead atoms. The van der Waals surface area contributed by atoms with Gasteiger partial charge in [-0.15, -0.1) is 0 Å². The van der Waals surface area contributed by atoms with E-state index in [9.17, 15) is 8.78 Å². The molecule has 0 heterocycles. The van der Waals surface area contributed by atoms with E-state index in [0.29, 0.717) is 18.7 Å². The van der Waals surface area contributed by atoms with Gasteiger partial charge in [0.2, 0.25) is 5.92 Å². The van der Waals surface area contributed by atoms with Crippen molar-refractivity contribution in [2.75, 3.05) is 12.3 Å². The molecule has 1 atom stereocenters. The number of nitrogen functional groups attached to an aromatic ring is 1. The lowest BCUT2D eigenvalue weighted by atomic mass is 9.87. The first-order valence-electron chi connectivity index (χ1n) is 6.33. The fraction of sp³-hybridized carbons (Fsp3) is 0.571. The molecule has 0 aliphatic heterocycles. The van der Waals surface area contributed by atoms with Crippen molar-refractivity contribution in [1.82, 2.24) is 0 Å². The molecule has 0 spiro atoms. The van der Waals surface area contributed by atoms with Crippen LogP contribution in [-0.2, 0) is 0 Å². The molecule has 1 saturated carbocycles. The van der Waals surface area contributed by atoms with Gasteiger partial charge in [0.1, 0.15) is 5.75 Å². The topological polar surface area (TPSA) is 35.2 Å². The standard InChI is InChI=1S/C14H19F2NO/c1-10-7-12(17)4-5-13(10)18-9-11-3-2-6-14(15,16)8-11/h4-5,7,11H,2-3,6,8-9,17H2,1H3. The number of aryl methyl sites for hydroxylation is 1. The van der Waals surface area contributed by atoms with Crippen LogP contribution in [0.3, 0.4) is 0 Å². The summed E-state index contributed by atoms with van der Waals surface area (Å²) in [4.78, 5) is 0. The molecular formula is C14H19F2NO. The second-order valence-electron chi connectivity index (χ2n) is 5.15. The predicted molar refractivity (Wildman–Crippen MR) is 68.0 cm³/mol. The molecule has 2 rings (SSSR count). The van der Waals surface area contributed by atoms with Crippen LogP contribution in [0.2, 0.25) is 0 Å². The van der Waals surface area contributed by atoms with Crippen LogP contribution in [0.4, 0.5) is 14.5 Å². The Labute approximate surface area is 106 Å². The van der Waals surface area contributed by atoms with Crippen LogP contribution in [0.25, 0.3) is 0 Å². The maximum Gasteiger partial charge on any atom is 0.248 e. The van der Waals surface area contributed by atoms with Gasteiger partial charge in [-0.2, -0.15) is 0 Å². The van der Waals surface area contributed by atoms with E-state index in [1.165, 1.54) is 0 Å². The number of nitrogens with two attached hydrogens (primary N) is 1. The Morgan fingerprint density at radius 2 is 2.22 bits per heavy atom. The minimum atomic E-state index is -2.51. The lowest BCUT2D eigenvalue weighted by Crippen LogP contribution is -2.29. The van der Waals surface area contributed by atoms with E-state index in [1.807, 2.05) is 13.0 Å². The first-order chi connectivity index (χ1) is 8.46. The Hall–Kier alpha value is -1.32. The van der Waals surface area contributed by atoms with Gasteiger partial charge in [-0.1, -0.05) is 0 Å². The van der Waals surface area contributed by atoms with E-state index in [4.69, 9.17) is 10.5 Å². The predicted octanol–water partition coefficient (Wildman–Crippen LogP) is 3.78. The number of anilines is 1. The third-order valence-corrected chi connectivity index (χ3v) is 3.42. The minimum absolute atomic E-state index is 0.0183. The van der Waals surface area contributed by atoms with Crippen molar-refractivity contribution in [3.8, 4) is 5.75 Å². The minimum Gasteiger partial charge on any atom is -0.493 e. The zero-order chi connectivity index (χ0) is 13.2. The summed E-state index contributed by atoms with van der Waals surface area (Å²) in [6, 6.07) is 5.38. The highest BCUT2D eigenvalue weighted by Gasteiger charge is 2.36. The first kappa shape index (κ1) is 13.1. The summed E-state index contributed by atoms with van der Waals surface area (Å²) in [5.74, 6) is -1.83. The molecule has 1 aliphatic rings. The average Bonchev–Trinajstić information content (AvgIpc) is 2.26. The van der Waals surface area contributed by atoms with Crippen LogP contribution in [0, 0.1) is 12.8 Å². The molecule has 0 radical (unpaired) electrons. The van der Waals surface area contributed by atoms with Crippen LogP contribution >= 0.6 is 0 Å². The van der Waals surface area contributed by atoms with Gasteiger partial charge in [0, 0.05) is 18.5 Å². The van der Waals surface area contributed by atoms with Crippen molar-refractivity contribution in [2.24, 2.45) is 5.92 Å². The lowest BCUT2D eigenvalue weighted by molar-refractivity contribution is -0.0585. The fourth-order valence-electron chi connectivity index (χ4n) is 2.46. The zero-order valence-electron chi connectivity index (χ0n) is 10.6. The summed E-state index contributed by atoms with van der Waals surface area (Å²) < 4.78 is 32.1. The van der Waals surface area contributed by atoms with Crippen molar-refractivity contribution in [3.05, 3.63) is 23.8 Å². The third kappa shape index (κ3) is 3.34. The van der Waals surface area contributed by atoms with Gasteiger partial charge in [-0.25, -0.2) is 8.78 Å². The van der Waals surface area contributed by atoms with Crippen LogP contribution in [0.5, 0.6) is 5.75 Å². The largest absolute Gasteiger partial charge is 0.493 e. The van der Waals surface area contributed by atoms with Crippen molar-refractivity contribution >= 4 is 5.69 Å². The Morgan fingerprint density at radius 1 is 1.44 bits per heavy atom. The van der Waals surface area contributed by atoms with Crippen LogP contribution in [-0.4, -0.2) is 12.5 Å². The van der Waals surface area contributed by atoms with Gasteiger partial charge in [-0.05, 0) is 49.4 Å². The number of hydrogen-bond donors (Lipinski definition) is 1. The van der Waals surface area contributed by atoms with Crippen LogP contribution in [0.15, 0.2) is 18.2 Å². The summed E-state index contributed by atoms with van der Waals surface area (Å²) in [7, 11) is 0. The van der Waals surface area contributed by atoms with E-state index in [0.717, 1.165) is 17.7 Å². The molecule has 18 heavy (non-hydrogen) atoms. The normalized spacial score (nSPS) is 22.7. The smallest absolute Gasteiger partial charge is 0.248 e. The van der Waals surface area contributed by atoms with E-state index in [1.54, 1.807) is 12.1 Å². The van der Waals surface area contributed by atoms with Crippen molar-refractivity contribution in [1.29, 1.82) is 0 Å². The monoisotopic (exact) mass is 255 g/mol. The second-order valence-corrected chi connectivity index (χ2v) is 5.15. The summed E-state index contributed by atoms with van der Waals surface area (Å²) in [5, 5.41) is 0. The maximum atomic E-state index is 13.2. The lowest BCUT2D eigenvalue weighted by Gasteiger charge is -2.28. The SMILES string of the molecule is Cc1cc(N)ccc1OCC1CCCC(F)(F)C1. The average molecular weight is 255 g/mol. The van der Waals surface area contributed by atoms with Gasteiger partial charge in [0.15, 0.2) is 0 Å². The molecule has 1 unspecified atom stereocenters. The van der Waals surface area contributed by atoms with Gasteiger partial charge < -0.3 is 10.5 Å². The van der Waals surface area contributed by atoms with Gasteiger partial charge in [0.05, 0.1) is 6.61 Å². The number of benzene rings is 1. The van der Waals surface area contributed by atoms with Gasteiger partial charge >= 0.3 is 0 Å². The molecule has 1 aromatic rings. The molecule has 4 heteroatoms. The molecular weight excluding hydrogens is 236 g/mol. The van der Waals surface area contributed by atoms with Crippen LogP contribution in [0.1, 0.15) is 31.2 Å². The van der Waals surface area contributed by atoms with Gasteiger partial charge in [0.25, 0.3) is 0 Å². The highest BCUT2D eigenvalue weighted by Crippen LogP contribution is 2.37. The van der Waals surface area contributed by atoms with E-state index in [-0.39, 0.29) is 18.8 Å². The number of alkyl halides is 2. The highest BCUT2D eigenvalue weighted by atomic mass is 19.3. The van der Waals surface area contributed by atoms with E-state index >= 15 is 0 Å². The zero-order valence-corrected chi connectivity index (χ0v) is 10.6. The Morgan fingerprint density at radius 3 is 2.89 bits per heavy atom. The molecule has 100 valence electrons. The Kier molecular flexibility index (Phi) is 3.73. The maximum absolute atomic E-state index is 13.2. The molecule has 1 fully saturated rings. The second kappa shape index (κ2) is 5.12. The number of rotatable bonds is 3. The molecule has 0 aromatic heterocycles. The summed E-state index contributed by atoms with van der Waals surface area (Å²) in [6.07, 6.45) is 1.37. The molecule has 1 aromatic carbocycles. The van der Waals surface area contributed by atoms with Crippen LogP contribution < -0.4 is 10.5 Å². The molecule has 2 nitrogen and oxygen atoms in total. The summed E-state index contributed by atoms with van der Waals surface area (Å²) in [6.45, 7) is 2.27. The summed E-state index contributed by atoms with van der Waals surface area (Å²) in [5.41, 5.74) is 7.27. The molecule has 0 amide bonds. The highest BCUT2D eigenvalue weighted by molar-refractivity contribution is 5.47. The number of ether oxygens (including phenoxy) is 1. The summed E-state index contributed by atoms with van der Waals surface area (Å²) >= 11 is 0. The third-order valence-electron chi connectivity index (χ3n) is 3.42. The molecule has 2 N–H and O–H groups in total. The number of halogens is 2. The van der Waals surface area contributed by atoms with Crippen molar-refractivity contribution in [3.63, 3.8) is 0 Å². The first-order valence-corrected chi connectivity index (χ1v) is 6.33. The van der Waals surface area contributed by atoms with Gasteiger partial charge in [-0.3, -0.25) is 0 Å². The Bertz CT molecular complexity index is 420. The molecule has 0 saturated heterocycles. The van der Waals surface area contributed by atoms with E-state index < -0.39 is 5.92 Å². The quantitative estimate of drug-likeness (QED) is 0.834. The fourth-order valence-corrected chi connectivity index (χ4v) is 2.46. The van der Waals surface area contributed by atoms with Crippen molar-refractivity contribution in [2.45, 2.75) is 38.5 Å².